The molecule has 0 aliphatic carbocycles. The van der Waals surface area contributed by atoms with Crippen LogP contribution in [-0.4, -0.2) is 0 Å². The summed E-state index contributed by atoms with van der Waals surface area (Å²) in [5.74, 6) is 0. The number of hydrogen-bond donors (Lipinski definition) is 1. The Morgan fingerprint density at radius 3 is 2.05 bits per heavy atom. The number of benzene rings is 2. The lowest BCUT2D eigenvalue weighted by atomic mass is 9.91. The van der Waals surface area contributed by atoms with Gasteiger partial charge in [-0.25, -0.2) is 0 Å². The topological polar surface area (TPSA) is 26.0 Å². The van der Waals surface area contributed by atoms with Gasteiger partial charge in [-0.1, -0.05) is 41.4 Å². The number of halogens is 1. The highest BCUT2D eigenvalue weighted by Crippen LogP contribution is 2.25. The molecule has 0 radical (unpaired) electrons. The van der Waals surface area contributed by atoms with Crippen molar-refractivity contribution in [1.82, 2.24) is 0 Å². The van der Waals surface area contributed by atoms with E-state index in [2.05, 4.69) is 32.9 Å². The van der Waals surface area contributed by atoms with E-state index >= 15 is 0 Å². The third kappa shape index (κ3) is 3.37. The highest BCUT2D eigenvalue weighted by atomic mass is 35.5. The molecule has 0 heterocycles. The summed E-state index contributed by atoms with van der Waals surface area (Å²) in [6, 6.07) is 12.3. The molecule has 1 unspecified atom stereocenters. The van der Waals surface area contributed by atoms with Crippen LogP contribution in [0.1, 0.15) is 33.9 Å². The van der Waals surface area contributed by atoms with Crippen molar-refractivity contribution in [3.63, 3.8) is 0 Å². The molecule has 0 bridgehead atoms. The molecule has 0 saturated carbocycles. The lowest BCUT2D eigenvalue weighted by Gasteiger charge is -2.18. The second-order valence-corrected chi connectivity index (χ2v) is 5.69. The molecule has 0 aliphatic rings. The van der Waals surface area contributed by atoms with Crippen molar-refractivity contribution in [2.75, 3.05) is 0 Å². The Balaban J connectivity index is 2.25. The Morgan fingerprint density at radius 1 is 1.00 bits per heavy atom. The summed E-state index contributed by atoms with van der Waals surface area (Å²) in [4.78, 5) is 0. The zero-order valence-electron chi connectivity index (χ0n) is 11.7. The SMILES string of the molecule is Cc1cc(C)c(C(N)Cc2ccc(Cl)cc2)c(C)c1. The predicted molar refractivity (Wildman–Crippen MR) is 82.7 cm³/mol. The standard InChI is InChI=1S/C17H20ClN/c1-11-8-12(2)17(13(3)9-11)16(19)10-14-4-6-15(18)7-5-14/h4-9,16H,10,19H2,1-3H3. The Kier molecular flexibility index (Phi) is 4.28. The summed E-state index contributed by atoms with van der Waals surface area (Å²) < 4.78 is 0. The molecule has 0 aromatic heterocycles. The van der Waals surface area contributed by atoms with Crippen molar-refractivity contribution in [2.24, 2.45) is 5.73 Å². The molecule has 0 fully saturated rings. The number of aryl methyl sites for hydroxylation is 3. The van der Waals surface area contributed by atoms with Gasteiger partial charge in [0, 0.05) is 11.1 Å². The van der Waals surface area contributed by atoms with Gasteiger partial charge in [-0.15, -0.1) is 0 Å². The molecular formula is C17H20ClN. The van der Waals surface area contributed by atoms with E-state index in [9.17, 15) is 0 Å². The van der Waals surface area contributed by atoms with E-state index in [1.165, 1.54) is 27.8 Å². The van der Waals surface area contributed by atoms with Crippen molar-refractivity contribution in [3.8, 4) is 0 Å². The normalized spacial score (nSPS) is 12.5. The molecule has 2 N–H and O–H groups in total. The van der Waals surface area contributed by atoms with E-state index in [-0.39, 0.29) is 6.04 Å². The molecule has 2 aromatic carbocycles. The maximum absolute atomic E-state index is 6.38. The van der Waals surface area contributed by atoms with E-state index in [1.54, 1.807) is 0 Å². The molecule has 0 aliphatic heterocycles. The van der Waals surface area contributed by atoms with E-state index in [0.29, 0.717) is 0 Å². The first-order valence-corrected chi connectivity index (χ1v) is 6.93. The smallest absolute Gasteiger partial charge is 0.0406 e. The summed E-state index contributed by atoms with van der Waals surface area (Å²) in [5.41, 5.74) is 12.7. The monoisotopic (exact) mass is 273 g/mol. The Bertz CT molecular complexity index is 549. The fraction of sp³-hybridized carbons (Fsp3) is 0.294. The highest BCUT2D eigenvalue weighted by molar-refractivity contribution is 6.30. The van der Waals surface area contributed by atoms with Gasteiger partial charge in [0.15, 0.2) is 0 Å². The van der Waals surface area contributed by atoms with Crippen molar-refractivity contribution in [1.29, 1.82) is 0 Å². The molecule has 2 heteroatoms. The van der Waals surface area contributed by atoms with Gasteiger partial charge in [-0.05, 0) is 61.6 Å². The molecule has 0 amide bonds. The quantitative estimate of drug-likeness (QED) is 0.875. The third-order valence-corrected chi connectivity index (χ3v) is 3.73. The molecule has 2 rings (SSSR count). The van der Waals surface area contributed by atoms with Crippen LogP contribution < -0.4 is 5.73 Å². The minimum absolute atomic E-state index is 0.0294. The fourth-order valence-electron chi connectivity index (χ4n) is 2.75. The first kappa shape index (κ1) is 14.1. The van der Waals surface area contributed by atoms with Crippen LogP contribution >= 0.6 is 11.6 Å². The summed E-state index contributed by atoms with van der Waals surface area (Å²) in [7, 11) is 0. The van der Waals surface area contributed by atoms with Crippen molar-refractivity contribution < 1.29 is 0 Å². The second-order valence-electron chi connectivity index (χ2n) is 5.25. The van der Waals surface area contributed by atoms with Crippen LogP contribution in [0, 0.1) is 20.8 Å². The van der Waals surface area contributed by atoms with Crippen LogP contribution in [0.3, 0.4) is 0 Å². The van der Waals surface area contributed by atoms with Gasteiger partial charge in [0.05, 0.1) is 0 Å². The molecule has 1 atom stereocenters. The van der Waals surface area contributed by atoms with Crippen molar-refractivity contribution in [3.05, 3.63) is 69.2 Å². The van der Waals surface area contributed by atoms with Crippen molar-refractivity contribution >= 4 is 11.6 Å². The van der Waals surface area contributed by atoms with Gasteiger partial charge in [-0.3, -0.25) is 0 Å². The predicted octanol–water partition coefficient (Wildman–Crippen LogP) is 4.51. The van der Waals surface area contributed by atoms with Gasteiger partial charge in [0.25, 0.3) is 0 Å². The van der Waals surface area contributed by atoms with Gasteiger partial charge >= 0.3 is 0 Å². The van der Waals surface area contributed by atoms with Crippen LogP contribution in [0.15, 0.2) is 36.4 Å². The Morgan fingerprint density at radius 2 is 1.53 bits per heavy atom. The molecule has 0 spiro atoms. The minimum atomic E-state index is 0.0294. The summed E-state index contributed by atoms with van der Waals surface area (Å²) >= 11 is 5.90. The van der Waals surface area contributed by atoms with Crippen LogP contribution in [-0.2, 0) is 6.42 Å². The van der Waals surface area contributed by atoms with Gasteiger partial charge in [0.1, 0.15) is 0 Å². The second kappa shape index (κ2) is 5.77. The first-order chi connectivity index (χ1) is 8.97. The van der Waals surface area contributed by atoms with Crippen LogP contribution in [0.4, 0.5) is 0 Å². The Labute approximate surface area is 120 Å². The molecular weight excluding hydrogens is 254 g/mol. The van der Waals surface area contributed by atoms with Crippen LogP contribution in [0.2, 0.25) is 5.02 Å². The van der Waals surface area contributed by atoms with E-state index in [4.69, 9.17) is 17.3 Å². The van der Waals surface area contributed by atoms with Gasteiger partial charge in [-0.2, -0.15) is 0 Å². The third-order valence-electron chi connectivity index (χ3n) is 3.48. The summed E-state index contributed by atoms with van der Waals surface area (Å²) in [5, 5.41) is 0.764. The summed E-state index contributed by atoms with van der Waals surface area (Å²) in [6.45, 7) is 6.39. The average Bonchev–Trinajstić information content (AvgIpc) is 2.30. The minimum Gasteiger partial charge on any atom is -0.324 e. The van der Waals surface area contributed by atoms with Crippen molar-refractivity contribution in [2.45, 2.75) is 33.2 Å². The maximum Gasteiger partial charge on any atom is 0.0406 e. The molecule has 100 valence electrons. The Hall–Kier alpha value is -1.31. The van der Waals surface area contributed by atoms with Gasteiger partial charge in [0.2, 0.25) is 0 Å². The van der Waals surface area contributed by atoms with Crippen LogP contribution in [0.25, 0.3) is 0 Å². The number of hydrogen-bond acceptors (Lipinski definition) is 1. The zero-order chi connectivity index (χ0) is 14.0. The fourth-order valence-corrected chi connectivity index (χ4v) is 2.88. The van der Waals surface area contributed by atoms with Gasteiger partial charge < -0.3 is 5.73 Å². The highest BCUT2D eigenvalue weighted by Gasteiger charge is 2.13. The number of nitrogens with two attached hydrogens (primary N) is 1. The van der Waals surface area contributed by atoms with Crippen LogP contribution in [0.5, 0.6) is 0 Å². The lowest BCUT2D eigenvalue weighted by molar-refractivity contribution is 0.711. The number of rotatable bonds is 3. The summed E-state index contributed by atoms with van der Waals surface area (Å²) in [6.07, 6.45) is 0.835. The van der Waals surface area contributed by atoms with E-state index in [0.717, 1.165) is 11.4 Å². The largest absolute Gasteiger partial charge is 0.324 e. The lowest BCUT2D eigenvalue weighted by Crippen LogP contribution is -2.16. The van der Waals surface area contributed by atoms with E-state index < -0.39 is 0 Å². The molecule has 2 aromatic rings. The molecule has 0 saturated heterocycles. The maximum atomic E-state index is 6.38. The molecule has 1 nitrogen and oxygen atoms in total. The molecule has 19 heavy (non-hydrogen) atoms. The zero-order valence-corrected chi connectivity index (χ0v) is 12.5. The van der Waals surface area contributed by atoms with E-state index in [1.807, 2.05) is 24.3 Å². The first-order valence-electron chi connectivity index (χ1n) is 6.55. The average molecular weight is 274 g/mol.